The molecule has 2 heteroatoms. The predicted octanol–water partition coefficient (Wildman–Crippen LogP) is 0.532. The largest absolute Gasteiger partial charge is 0.389 e. The van der Waals surface area contributed by atoms with Gasteiger partial charge in [-0.1, -0.05) is 12.8 Å². The highest BCUT2D eigenvalue weighted by Crippen LogP contribution is 2.10. The van der Waals surface area contributed by atoms with E-state index in [9.17, 15) is 5.11 Å². The van der Waals surface area contributed by atoms with Gasteiger partial charge in [-0.2, -0.15) is 0 Å². The maximum absolute atomic E-state index is 9.36. The summed E-state index contributed by atoms with van der Waals surface area (Å²) in [5.41, 5.74) is -1.25. The molecule has 10 heavy (non-hydrogen) atoms. The smallest absolute Gasteiger partial charge is 0.148 e. The van der Waals surface area contributed by atoms with E-state index >= 15 is 0 Å². The molecule has 2 atom stereocenters. The van der Waals surface area contributed by atoms with E-state index in [0.29, 0.717) is 6.42 Å². The molecule has 2 N–H and O–H groups in total. The van der Waals surface area contributed by atoms with E-state index in [1.54, 1.807) is 13.8 Å². The normalized spacial score (nSPS) is 18.5. The Labute approximate surface area is 61.9 Å². The van der Waals surface area contributed by atoms with E-state index in [1.807, 2.05) is 0 Å². The van der Waals surface area contributed by atoms with Gasteiger partial charge in [-0.15, -0.1) is 5.92 Å². The van der Waals surface area contributed by atoms with Crippen molar-refractivity contribution in [3.8, 4) is 11.8 Å². The van der Waals surface area contributed by atoms with Gasteiger partial charge in [0.15, 0.2) is 0 Å². The Balaban J connectivity index is 4.18. The standard InChI is InChI=1S/C8H14O2/c1-4-6-8(3,10)7(9)5-2/h7,9-10H,5H2,1-3H3. The summed E-state index contributed by atoms with van der Waals surface area (Å²) in [7, 11) is 0. The van der Waals surface area contributed by atoms with E-state index < -0.39 is 11.7 Å². The van der Waals surface area contributed by atoms with Crippen molar-refractivity contribution >= 4 is 0 Å². The van der Waals surface area contributed by atoms with E-state index in [0.717, 1.165) is 0 Å². The third-order valence-corrected chi connectivity index (χ3v) is 1.41. The van der Waals surface area contributed by atoms with E-state index in [1.165, 1.54) is 6.92 Å². The van der Waals surface area contributed by atoms with Gasteiger partial charge < -0.3 is 10.2 Å². The molecule has 0 fully saturated rings. The highest BCUT2D eigenvalue weighted by molar-refractivity contribution is 5.12. The third kappa shape index (κ3) is 2.38. The number of aliphatic hydroxyl groups excluding tert-OH is 1. The lowest BCUT2D eigenvalue weighted by molar-refractivity contribution is -0.0203. The highest BCUT2D eigenvalue weighted by Gasteiger charge is 2.25. The number of rotatable bonds is 2. The predicted molar refractivity (Wildman–Crippen MR) is 40.4 cm³/mol. The van der Waals surface area contributed by atoms with Crippen LogP contribution < -0.4 is 0 Å². The Morgan fingerprint density at radius 1 is 1.60 bits per heavy atom. The molecule has 2 nitrogen and oxygen atoms in total. The van der Waals surface area contributed by atoms with Crippen LogP contribution in [0.3, 0.4) is 0 Å². The summed E-state index contributed by atoms with van der Waals surface area (Å²) in [5, 5.41) is 18.5. The second-order valence-electron chi connectivity index (χ2n) is 2.45. The summed E-state index contributed by atoms with van der Waals surface area (Å²) in [4.78, 5) is 0. The first-order chi connectivity index (χ1) is 4.54. The quantitative estimate of drug-likeness (QED) is 0.552. The van der Waals surface area contributed by atoms with Gasteiger partial charge in [-0.25, -0.2) is 0 Å². The average Bonchev–Trinajstić information content (AvgIpc) is 1.86. The van der Waals surface area contributed by atoms with Crippen LogP contribution in [0.15, 0.2) is 0 Å². The van der Waals surface area contributed by atoms with Crippen LogP contribution in [-0.4, -0.2) is 21.9 Å². The van der Waals surface area contributed by atoms with Crippen LogP contribution >= 0.6 is 0 Å². The molecule has 0 aromatic rings. The Morgan fingerprint density at radius 3 is 2.40 bits per heavy atom. The molecule has 0 rings (SSSR count). The van der Waals surface area contributed by atoms with Crippen molar-refractivity contribution in [1.29, 1.82) is 0 Å². The van der Waals surface area contributed by atoms with Crippen molar-refractivity contribution in [2.75, 3.05) is 0 Å². The van der Waals surface area contributed by atoms with Crippen molar-refractivity contribution in [2.24, 2.45) is 0 Å². The molecule has 0 saturated heterocycles. The molecular weight excluding hydrogens is 128 g/mol. The first-order valence-corrected chi connectivity index (χ1v) is 3.39. The van der Waals surface area contributed by atoms with Gasteiger partial charge in [0, 0.05) is 0 Å². The molecule has 58 valence electrons. The molecule has 0 spiro atoms. The number of hydrogen-bond donors (Lipinski definition) is 2. The summed E-state index contributed by atoms with van der Waals surface area (Å²) in [5.74, 6) is 5.09. The molecule has 2 unspecified atom stereocenters. The molecule has 0 radical (unpaired) electrons. The van der Waals surface area contributed by atoms with Gasteiger partial charge in [0.05, 0.1) is 6.10 Å². The van der Waals surface area contributed by atoms with Crippen LogP contribution in [0.2, 0.25) is 0 Å². The lowest BCUT2D eigenvalue weighted by atomic mass is 9.98. The topological polar surface area (TPSA) is 40.5 Å². The molecule has 0 aromatic heterocycles. The summed E-state index contributed by atoms with van der Waals surface area (Å²) in [6.07, 6.45) is -0.234. The minimum absolute atomic E-state index is 0.516. The van der Waals surface area contributed by atoms with Gasteiger partial charge in [-0.05, 0) is 20.3 Å². The first kappa shape index (κ1) is 9.48. The lowest BCUT2D eigenvalue weighted by Crippen LogP contribution is -2.37. The van der Waals surface area contributed by atoms with Crippen LogP contribution in [-0.2, 0) is 0 Å². The second kappa shape index (κ2) is 3.60. The van der Waals surface area contributed by atoms with Crippen LogP contribution in [0, 0.1) is 11.8 Å². The van der Waals surface area contributed by atoms with Crippen LogP contribution in [0.1, 0.15) is 27.2 Å². The summed E-state index contributed by atoms with van der Waals surface area (Å²) in [6.45, 7) is 4.95. The molecule has 0 heterocycles. The number of hydrogen-bond acceptors (Lipinski definition) is 2. The fraction of sp³-hybridized carbons (Fsp3) is 0.750. The Morgan fingerprint density at radius 2 is 2.10 bits per heavy atom. The Kier molecular flexibility index (Phi) is 3.41. The molecular formula is C8H14O2. The van der Waals surface area contributed by atoms with Crippen LogP contribution in [0.25, 0.3) is 0 Å². The van der Waals surface area contributed by atoms with Crippen LogP contribution in [0.4, 0.5) is 0 Å². The van der Waals surface area contributed by atoms with Crippen molar-refractivity contribution in [1.82, 2.24) is 0 Å². The Hall–Kier alpha value is -0.520. The molecule has 0 bridgehead atoms. The third-order valence-electron chi connectivity index (χ3n) is 1.41. The second-order valence-corrected chi connectivity index (χ2v) is 2.45. The van der Waals surface area contributed by atoms with Crippen LogP contribution in [0.5, 0.6) is 0 Å². The zero-order valence-corrected chi connectivity index (χ0v) is 6.68. The monoisotopic (exact) mass is 142 g/mol. The highest BCUT2D eigenvalue weighted by atomic mass is 16.3. The summed E-state index contributed by atoms with van der Waals surface area (Å²) >= 11 is 0. The minimum Gasteiger partial charge on any atom is -0.389 e. The zero-order valence-electron chi connectivity index (χ0n) is 6.68. The minimum atomic E-state index is -1.25. The fourth-order valence-electron chi connectivity index (χ4n) is 0.734. The summed E-state index contributed by atoms with van der Waals surface area (Å²) < 4.78 is 0. The van der Waals surface area contributed by atoms with E-state index in [-0.39, 0.29) is 0 Å². The van der Waals surface area contributed by atoms with Crippen molar-refractivity contribution in [2.45, 2.75) is 38.9 Å². The first-order valence-electron chi connectivity index (χ1n) is 3.39. The Bertz CT molecular complexity index is 150. The van der Waals surface area contributed by atoms with Gasteiger partial charge >= 0.3 is 0 Å². The molecule has 0 aliphatic carbocycles. The van der Waals surface area contributed by atoms with Gasteiger partial charge in [0.25, 0.3) is 0 Å². The van der Waals surface area contributed by atoms with Gasteiger partial charge in [0.2, 0.25) is 0 Å². The molecule has 0 saturated carbocycles. The fourth-order valence-corrected chi connectivity index (χ4v) is 0.734. The molecule has 0 amide bonds. The van der Waals surface area contributed by atoms with E-state index in [4.69, 9.17) is 5.11 Å². The molecule has 0 aliphatic heterocycles. The molecule has 0 aliphatic rings. The zero-order chi connectivity index (χ0) is 8.20. The SMILES string of the molecule is CC#CC(C)(O)C(O)CC. The van der Waals surface area contributed by atoms with Crippen molar-refractivity contribution in [3.63, 3.8) is 0 Å². The molecule has 0 aromatic carbocycles. The maximum Gasteiger partial charge on any atom is 0.148 e. The number of aliphatic hydroxyl groups is 2. The average molecular weight is 142 g/mol. The maximum atomic E-state index is 9.36. The van der Waals surface area contributed by atoms with Crippen molar-refractivity contribution < 1.29 is 10.2 Å². The lowest BCUT2D eigenvalue weighted by Gasteiger charge is -2.21. The van der Waals surface area contributed by atoms with Gasteiger partial charge in [-0.3, -0.25) is 0 Å². The van der Waals surface area contributed by atoms with E-state index in [2.05, 4.69) is 11.8 Å². The van der Waals surface area contributed by atoms with Crippen molar-refractivity contribution in [3.05, 3.63) is 0 Å². The van der Waals surface area contributed by atoms with Gasteiger partial charge in [0.1, 0.15) is 5.60 Å². The summed E-state index contributed by atoms with van der Waals surface area (Å²) in [6, 6.07) is 0.